The fraction of sp³-hybridized carbons (Fsp3) is 0.385. The lowest BCUT2D eigenvalue weighted by Crippen LogP contribution is -2.17. The number of rotatable bonds is 4. The van der Waals surface area contributed by atoms with E-state index < -0.39 is 8.07 Å². The Morgan fingerprint density at radius 1 is 1.27 bits per heavy atom. The molecule has 0 unspecified atom stereocenters. The summed E-state index contributed by atoms with van der Waals surface area (Å²) in [7, 11) is 0.748. The second-order valence-electron chi connectivity index (χ2n) is 4.94. The summed E-state index contributed by atoms with van der Waals surface area (Å²) >= 11 is 0. The van der Waals surface area contributed by atoms with Gasteiger partial charge < -0.3 is 4.74 Å². The van der Waals surface area contributed by atoms with Crippen LogP contribution in [0.5, 0.6) is 5.75 Å². The van der Waals surface area contributed by atoms with E-state index in [9.17, 15) is 0 Å². The first-order chi connectivity index (χ1) is 7.01. The number of ether oxygens (including phenoxy) is 1. The molecule has 0 saturated heterocycles. The Bertz CT molecular complexity index is 337. The average molecular weight is 220 g/mol. The molecule has 0 bridgehead atoms. The zero-order chi connectivity index (χ0) is 11.3. The van der Waals surface area contributed by atoms with Gasteiger partial charge in [-0.1, -0.05) is 43.9 Å². The molecule has 1 rings (SSSR count). The maximum atomic E-state index is 5.18. The molecule has 0 spiro atoms. The summed E-state index contributed by atoms with van der Waals surface area (Å²) in [6.45, 7) is 7.13. The number of hydrogen-bond acceptors (Lipinski definition) is 1. The van der Waals surface area contributed by atoms with Crippen molar-refractivity contribution in [3.05, 3.63) is 35.9 Å². The van der Waals surface area contributed by atoms with Gasteiger partial charge in [-0.05, 0) is 23.7 Å². The summed E-state index contributed by atoms with van der Waals surface area (Å²) in [5.41, 5.74) is 1.22. The molecule has 82 valence electrons. The summed E-state index contributed by atoms with van der Waals surface area (Å²) in [4.78, 5) is 0. The third kappa shape index (κ3) is 4.84. The van der Waals surface area contributed by atoms with Gasteiger partial charge in [0, 0.05) is 8.07 Å². The normalized spacial score (nSPS) is 12.0. The van der Waals surface area contributed by atoms with Crippen molar-refractivity contribution >= 4 is 14.1 Å². The molecule has 1 aromatic carbocycles. The Morgan fingerprint density at radius 2 is 2.00 bits per heavy atom. The topological polar surface area (TPSA) is 9.23 Å². The lowest BCUT2D eigenvalue weighted by Gasteiger charge is -2.11. The fourth-order valence-electron chi connectivity index (χ4n) is 1.29. The Balaban J connectivity index is 2.64. The van der Waals surface area contributed by atoms with Crippen LogP contribution in [0.2, 0.25) is 25.7 Å². The van der Waals surface area contributed by atoms with E-state index in [1.165, 1.54) is 11.6 Å². The van der Waals surface area contributed by atoms with Gasteiger partial charge in [-0.2, -0.15) is 0 Å². The van der Waals surface area contributed by atoms with E-state index >= 15 is 0 Å². The van der Waals surface area contributed by atoms with E-state index in [2.05, 4.69) is 43.9 Å². The Hall–Kier alpha value is -1.02. The molecule has 0 aromatic heterocycles. The zero-order valence-electron chi connectivity index (χ0n) is 10.1. The molecule has 0 atom stereocenters. The molecule has 0 aliphatic carbocycles. The monoisotopic (exact) mass is 220 g/mol. The van der Waals surface area contributed by atoms with Crippen LogP contribution in [0.1, 0.15) is 5.56 Å². The second-order valence-corrected chi connectivity index (χ2v) is 10.5. The van der Waals surface area contributed by atoms with Gasteiger partial charge in [0.15, 0.2) is 0 Å². The van der Waals surface area contributed by atoms with Crippen LogP contribution in [0.25, 0.3) is 6.08 Å². The molecule has 0 saturated carbocycles. The van der Waals surface area contributed by atoms with E-state index in [0.717, 1.165) is 5.75 Å². The number of hydrogen-bond donors (Lipinski definition) is 0. The van der Waals surface area contributed by atoms with Crippen molar-refractivity contribution in [1.82, 2.24) is 0 Å². The van der Waals surface area contributed by atoms with E-state index in [0.29, 0.717) is 0 Å². The summed E-state index contributed by atoms with van der Waals surface area (Å²) in [5.74, 6) is 0.921. The maximum absolute atomic E-state index is 5.18. The van der Waals surface area contributed by atoms with Crippen molar-refractivity contribution in [3.63, 3.8) is 0 Å². The minimum absolute atomic E-state index is 0.921. The van der Waals surface area contributed by atoms with Gasteiger partial charge in [-0.15, -0.1) is 0 Å². The highest BCUT2D eigenvalue weighted by atomic mass is 28.3. The third-order valence-electron chi connectivity index (χ3n) is 2.13. The van der Waals surface area contributed by atoms with Crippen LogP contribution in [0, 0.1) is 0 Å². The summed E-state index contributed by atoms with van der Waals surface area (Å²) < 4.78 is 5.18. The van der Waals surface area contributed by atoms with E-state index in [-0.39, 0.29) is 0 Å². The molecule has 0 amide bonds. The first-order valence-corrected chi connectivity index (χ1v) is 9.02. The van der Waals surface area contributed by atoms with E-state index in [1.807, 2.05) is 12.1 Å². The van der Waals surface area contributed by atoms with Gasteiger partial charge in [0.2, 0.25) is 0 Å². The lowest BCUT2D eigenvalue weighted by atomic mass is 10.2. The van der Waals surface area contributed by atoms with Crippen molar-refractivity contribution in [3.8, 4) is 5.75 Å². The quantitative estimate of drug-likeness (QED) is 0.696. The van der Waals surface area contributed by atoms with Crippen LogP contribution in [0.4, 0.5) is 0 Å². The lowest BCUT2D eigenvalue weighted by molar-refractivity contribution is 0.414. The molecule has 0 N–H and O–H groups in total. The van der Waals surface area contributed by atoms with Crippen LogP contribution in [0.15, 0.2) is 30.3 Å². The van der Waals surface area contributed by atoms with Crippen molar-refractivity contribution in [2.75, 3.05) is 7.11 Å². The molecule has 1 aromatic rings. The van der Waals surface area contributed by atoms with E-state index in [1.54, 1.807) is 7.11 Å². The average Bonchev–Trinajstić information content (AvgIpc) is 2.16. The second kappa shape index (κ2) is 5.17. The molecule has 15 heavy (non-hydrogen) atoms. The Morgan fingerprint density at radius 3 is 2.60 bits per heavy atom. The minimum atomic E-state index is -0.951. The summed E-state index contributed by atoms with van der Waals surface area (Å²) in [6, 6.07) is 9.37. The highest BCUT2D eigenvalue weighted by molar-refractivity contribution is 6.76. The molecule has 0 radical (unpaired) electrons. The summed E-state index contributed by atoms with van der Waals surface area (Å²) in [6.07, 6.45) is 4.46. The van der Waals surface area contributed by atoms with Gasteiger partial charge in [0.1, 0.15) is 5.75 Å². The van der Waals surface area contributed by atoms with Crippen LogP contribution in [-0.4, -0.2) is 15.2 Å². The van der Waals surface area contributed by atoms with Crippen LogP contribution in [-0.2, 0) is 0 Å². The predicted octanol–water partition coefficient (Wildman–Crippen LogP) is 4.05. The largest absolute Gasteiger partial charge is 0.497 e. The predicted molar refractivity (Wildman–Crippen MR) is 70.2 cm³/mol. The van der Waals surface area contributed by atoms with Crippen molar-refractivity contribution in [2.24, 2.45) is 0 Å². The molecule has 1 nitrogen and oxygen atoms in total. The first kappa shape index (κ1) is 12.0. The first-order valence-electron chi connectivity index (χ1n) is 5.32. The molecular weight excluding hydrogens is 200 g/mol. The van der Waals surface area contributed by atoms with Crippen LogP contribution in [0.3, 0.4) is 0 Å². The number of benzene rings is 1. The zero-order valence-corrected chi connectivity index (χ0v) is 11.1. The van der Waals surface area contributed by atoms with Crippen molar-refractivity contribution in [2.45, 2.75) is 25.7 Å². The van der Waals surface area contributed by atoms with Gasteiger partial charge in [-0.25, -0.2) is 0 Å². The Kier molecular flexibility index (Phi) is 4.15. The fourth-order valence-corrected chi connectivity index (χ4v) is 2.12. The molecular formula is C13H20OSi. The smallest absolute Gasteiger partial charge is 0.119 e. The van der Waals surface area contributed by atoms with Gasteiger partial charge in [-0.3, -0.25) is 0 Å². The molecule has 0 fully saturated rings. The van der Waals surface area contributed by atoms with Crippen molar-refractivity contribution < 1.29 is 4.74 Å². The maximum Gasteiger partial charge on any atom is 0.119 e. The highest BCUT2D eigenvalue weighted by Gasteiger charge is 2.09. The molecule has 0 aliphatic rings. The highest BCUT2D eigenvalue weighted by Crippen LogP contribution is 2.15. The third-order valence-corrected chi connectivity index (χ3v) is 3.59. The van der Waals surface area contributed by atoms with E-state index in [4.69, 9.17) is 4.74 Å². The SMILES string of the molecule is COc1cccc(/C=C/C[Si](C)(C)C)c1. The van der Waals surface area contributed by atoms with Crippen molar-refractivity contribution in [1.29, 1.82) is 0 Å². The molecule has 0 heterocycles. The van der Waals surface area contributed by atoms with Gasteiger partial charge in [0.05, 0.1) is 7.11 Å². The molecule has 2 heteroatoms. The van der Waals surface area contributed by atoms with Gasteiger partial charge >= 0.3 is 0 Å². The molecule has 0 aliphatic heterocycles. The van der Waals surface area contributed by atoms with Crippen LogP contribution < -0.4 is 4.74 Å². The standard InChI is InChI=1S/C13H20OSi/c1-14-13-9-5-7-12(11-13)8-6-10-15(2,3)4/h5-9,11H,10H2,1-4H3/b8-6+. The summed E-state index contributed by atoms with van der Waals surface area (Å²) in [5, 5.41) is 0. The van der Waals surface area contributed by atoms with Gasteiger partial charge in [0.25, 0.3) is 0 Å². The Labute approximate surface area is 93.8 Å². The van der Waals surface area contributed by atoms with Crippen LogP contribution >= 0.6 is 0 Å². The number of methoxy groups -OCH3 is 1. The number of allylic oxidation sites excluding steroid dienone is 1. The minimum Gasteiger partial charge on any atom is -0.497 e.